The highest BCUT2D eigenvalue weighted by Gasteiger charge is 2.33. The molecule has 0 aromatic heterocycles. The molecule has 0 saturated carbocycles. The lowest BCUT2D eigenvalue weighted by Crippen LogP contribution is -2.46. The van der Waals surface area contributed by atoms with Crippen molar-refractivity contribution in [3.63, 3.8) is 0 Å². The van der Waals surface area contributed by atoms with E-state index >= 15 is 0 Å². The number of carbonyl (C=O) groups excluding carboxylic acids is 1. The molecule has 0 bridgehead atoms. The summed E-state index contributed by atoms with van der Waals surface area (Å²) < 4.78 is 0. The Kier molecular flexibility index (Phi) is 3.48. The standard InChI is InChI=1S/C8H12N2O5/c11-6(12)4-9-7(13)5-2-1-3-10(5)8(14)15/h5H,1-4H2,(H,9,13)(H,11,12)(H,14,15)/t5-/m0/s1. The van der Waals surface area contributed by atoms with Gasteiger partial charge in [-0.25, -0.2) is 4.79 Å². The summed E-state index contributed by atoms with van der Waals surface area (Å²) in [7, 11) is 0. The average Bonchev–Trinajstić information content (AvgIpc) is 2.62. The van der Waals surface area contributed by atoms with Gasteiger partial charge in [0, 0.05) is 6.54 Å². The molecule has 1 aliphatic heterocycles. The summed E-state index contributed by atoms with van der Waals surface area (Å²) in [4.78, 5) is 33.3. The molecule has 0 radical (unpaired) electrons. The second kappa shape index (κ2) is 4.63. The number of nitrogens with one attached hydrogen (secondary N) is 1. The number of carbonyl (C=O) groups is 3. The lowest BCUT2D eigenvalue weighted by molar-refractivity contribution is -0.138. The predicted octanol–water partition coefficient (Wildman–Crippen LogP) is -0.670. The van der Waals surface area contributed by atoms with Crippen LogP contribution in [0.15, 0.2) is 0 Å². The van der Waals surface area contributed by atoms with E-state index in [1.165, 1.54) is 0 Å². The van der Waals surface area contributed by atoms with E-state index < -0.39 is 30.6 Å². The van der Waals surface area contributed by atoms with Crippen LogP contribution in [0.25, 0.3) is 0 Å². The van der Waals surface area contributed by atoms with Gasteiger partial charge in [-0.05, 0) is 12.8 Å². The van der Waals surface area contributed by atoms with Gasteiger partial charge in [0.25, 0.3) is 0 Å². The Morgan fingerprint density at radius 1 is 1.33 bits per heavy atom. The maximum atomic E-state index is 11.4. The van der Waals surface area contributed by atoms with Gasteiger partial charge in [0.2, 0.25) is 5.91 Å². The van der Waals surface area contributed by atoms with E-state index in [2.05, 4.69) is 5.32 Å². The number of rotatable bonds is 3. The zero-order valence-electron chi connectivity index (χ0n) is 7.97. The fourth-order valence-corrected chi connectivity index (χ4v) is 1.55. The molecule has 15 heavy (non-hydrogen) atoms. The molecule has 1 atom stereocenters. The molecule has 7 nitrogen and oxygen atoms in total. The second-order valence-electron chi connectivity index (χ2n) is 3.25. The van der Waals surface area contributed by atoms with Gasteiger partial charge in [0.1, 0.15) is 12.6 Å². The summed E-state index contributed by atoms with van der Waals surface area (Å²) >= 11 is 0. The molecule has 1 saturated heterocycles. The van der Waals surface area contributed by atoms with Crippen LogP contribution in [0.2, 0.25) is 0 Å². The number of amides is 2. The van der Waals surface area contributed by atoms with E-state index in [1.807, 2.05) is 0 Å². The zero-order valence-corrected chi connectivity index (χ0v) is 7.97. The fraction of sp³-hybridized carbons (Fsp3) is 0.625. The largest absolute Gasteiger partial charge is 0.480 e. The van der Waals surface area contributed by atoms with Crippen LogP contribution in [0.3, 0.4) is 0 Å². The number of likely N-dealkylation sites (tertiary alicyclic amines) is 1. The molecule has 3 N–H and O–H groups in total. The van der Waals surface area contributed by atoms with Gasteiger partial charge < -0.3 is 15.5 Å². The summed E-state index contributed by atoms with van der Waals surface area (Å²) in [5.41, 5.74) is 0. The average molecular weight is 216 g/mol. The third kappa shape index (κ3) is 2.83. The van der Waals surface area contributed by atoms with Gasteiger partial charge in [0.15, 0.2) is 0 Å². The van der Waals surface area contributed by atoms with Crippen molar-refractivity contribution in [3.05, 3.63) is 0 Å². The van der Waals surface area contributed by atoms with Gasteiger partial charge in [-0.1, -0.05) is 0 Å². The highest BCUT2D eigenvalue weighted by Crippen LogP contribution is 2.16. The van der Waals surface area contributed by atoms with Crippen LogP contribution in [0, 0.1) is 0 Å². The SMILES string of the molecule is O=C(O)CNC(=O)[C@@H]1CCCN1C(=O)O. The summed E-state index contributed by atoms with van der Waals surface area (Å²) in [6.07, 6.45) is -0.0853. The van der Waals surface area contributed by atoms with E-state index in [0.29, 0.717) is 19.4 Å². The van der Waals surface area contributed by atoms with Gasteiger partial charge >= 0.3 is 12.1 Å². The Labute approximate surface area is 85.7 Å². The minimum atomic E-state index is -1.15. The molecule has 0 unspecified atom stereocenters. The monoisotopic (exact) mass is 216 g/mol. The molecular formula is C8H12N2O5. The molecule has 0 aromatic carbocycles. The Balaban J connectivity index is 2.51. The van der Waals surface area contributed by atoms with Crippen molar-refractivity contribution in [2.24, 2.45) is 0 Å². The van der Waals surface area contributed by atoms with Gasteiger partial charge in [0.05, 0.1) is 0 Å². The van der Waals surface area contributed by atoms with Crippen molar-refractivity contribution in [2.75, 3.05) is 13.1 Å². The topological polar surface area (TPSA) is 107 Å². The summed E-state index contributed by atoms with van der Waals surface area (Å²) in [5.74, 6) is -1.69. The fourth-order valence-electron chi connectivity index (χ4n) is 1.55. The summed E-state index contributed by atoms with van der Waals surface area (Å²) in [6.45, 7) is -0.163. The van der Waals surface area contributed by atoms with Crippen molar-refractivity contribution < 1.29 is 24.6 Å². The molecular weight excluding hydrogens is 204 g/mol. The first kappa shape index (κ1) is 11.3. The third-order valence-corrected chi connectivity index (χ3v) is 2.21. The molecule has 7 heteroatoms. The number of carboxylic acids is 1. The minimum Gasteiger partial charge on any atom is -0.480 e. The maximum Gasteiger partial charge on any atom is 0.407 e. The van der Waals surface area contributed by atoms with Crippen LogP contribution in [0.4, 0.5) is 4.79 Å². The van der Waals surface area contributed by atoms with Crippen molar-refractivity contribution in [1.82, 2.24) is 10.2 Å². The van der Waals surface area contributed by atoms with Gasteiger partial charge in [-0.2, -0.15) is 0 Å². The summed E-state index contributed by atoms with van der Waals surface area (Å²) in [5, 5.41) is 19.2. The van der Waals surface area contributed by atoms with Gasteiger partial charge in [-0.15, -0.1) is 0 Å². The second-order valence-corrected chi connectivity index (χ2v) is 3.25. The minimum absolute atomic E-state index is 0.320. The van der Waals surface area contributed by atoms with Crippen LogP contribution >= 0.6 is 0 Å². The molecule has 1 fully saturated rings. The smallest absolute Gasteiger partial charge is 0.407 e. The van der Waals surface area contributed by atoms with Crippen molar-refractivity contribution in [2.45, 2.75) is 18.9 Å². The van der Waals surface area contributed by atoms with Crippen LogP contribution in [0.1, 0.15) is 12.8 Å². The molecule has 1 aliphatic rings. The first-order valence-electron chi connectivity index (χ1n) is 4.51. The van der Waals surface area contributed by atoms with Crippen LogP contribution in [-0.4, -0.2) is 52.2 Å². The molecule has 1 rings (SSSR count). The van der Waals surface area contributed by atoms with Crippen LogP contribution in [-0.2, 0) is 9.59 Å². The van der Waals surface area contributed by atoms with Crippen molar-refractivity contribution in [1.29, 1.82) is 0 Å². The predicted molar refractivity (Wildman–Crippen MR) is 48.4 cm³/mol. The molecule has 0 spiro atoms. The Morgan fingerprint density at radius 3 is 2.53 bits per heavy atom. The third-order valence-electron chi connectivity index (χ3n) is 2.21. The lowest BCUT2D eigenvalue weighted by Gasteiger charge is -2.19. The van der Waals surface area contributed by atoms with Crippen molar-refractivity contribution in [3.8, 4) is 0 Å². The van der Waals surface area contributed by atoms with E-state index in [4.69, 9.17) is 10.2 Å². The normalized spacial score (nSPS) is 20.0. The quantitative estimate of drug-likeness (QED) is 0.580. The zero-order chi connectivity index (χ0) is 11.4. The van der Waals surface area contributed by atoms with E-state index in [9.17, 15) is 14.4 Å². The highest BCUT2D eigenvalue weighted by atomic mass is 16.4. The molecule has 2 amide bonds. The molecule has 1 heterocycles. The number of nitrogens with zero attached hydrogens (tertiary/aromatic N) is 1. The number of hydrogen-bond acceptors (Lipinski definition) is 3. The van der Waals surface area contributed by atoms with Crippen LogP contribution in [0.5, 0.6) is 0 Å². The Morgan fingerprint density at radius 2 is 2.00 bits per heavy atom. The number of hydrogen-bond donors (Lipinski definition) is 3. The highest BCUT2D eigenvalue weighted by molar-refractivity contribution is 5.88. The molecule has 0 aromatic rings. The maximum absolute atomic E-state index is 11.4. The Bertz CT molecular complexity index is 291. The summed E-state index contributed by atoms with van der Waals surface area (Å²) in [6, 6.07) is -0.748. The van der Waals surface area contributed by atoms with Crippen molar-refractivity contribution >= 4 is 18.0 Å². The van der Waals surface area contributed by atoms with E-state index in [1.54, 1.807) is 0 Å². The molecule has 0 aliphatic carbocycles. The van der Waals surface area contributed by atoms with E-state index in [-0.39, 0.29) is 0 Å². The van der Waals surface area contributed by atoms with Crippen LogP contribution < -0.4 is 5.32 Å². The molecule has 84 valence electrons. The lowest BCUT2D eigenvalue weighted by atomic mass is 10.2. The first-order chi connectivity index (χ1) is 7.02. The van der Waals surface area contributed by atoms with E-state index in [0.717, 1.165) is 4.90 Å². The van der Waals surface area contributed by atoms with Gasteiger partial charge in [-0.3, -0.25) is 14.5 Å². The number of carboxylic acid groups (broad SMARTS) is 2. The Hall–Kier alpha value is -1.79. The number of aliphatic carboxylic acids is 1. The first-order valence-corrected chi connectivity index (χ1v) is 4.51.